The minimum absolute atomic E-state index is 0.0232. The van der Waals surface area contributed by atoms with Crippen molar-refractivity contribution in [3.05, 3.63) is 34.6 Å². The molecule has 0 saturated heterocycles. The third-order valence-electron chi connectivity index (χ3n) is 2.72. The largest absolute Gasteiger partial charge is 0.262 e. The summed E-state index contributed by atoms with van der Waals surface area (Å²) in [6, 6.07) is 1.94. The average Bonchev–Trinajstić information content (AvgIpc) is 3.03. The van der Waals surface area contributed by atoms with Crippen LogP contribution in [-0.4, -0.2) is 15.2 Å². The van der Waals surface area contributed by atoms with Crippen LogP contribution in [0.15, 0.2) is 12.1 Å². The Labute approximate surface area is 101 Å². The predicted molar refractivity (Wildman–Crippen MR) is 58.7 cm³/mol. The molecule has 1 aromatic carbocycles. The van der Waals surface area contributed by atoms with Gasteiger partial charge in [-0.3, -0.25) is 5.10 Å². The van der Waals surface area contributed by atoms with E-state index in [0.717, 1.165) is 30.8 Å². The van der Waals surface area contributed by atoms with Crippen LogP contribution in [0.25, 0.3) is 11.4 Å². The van der Waals surface area contributed by atoms with Gasteiger partial charge in [-0.05, 0) is 25.0 Å². The van der Waals surface area contributed by atoms with E-state index < -0.39 is 11.6 Å². The molecule has 0 bridgehead atoms. The van der Waals surface area contributed by atoms with Crippen LogP contribution in [0.3, 0.4) is 0 Å². The Morgan fingerprint density at radius 3 is 2.71 bits per heavy atom. The SMILES string of the molecule is Fc1cc(-c2n[nH]c(C3CC3)n2)c(F)cc1Cl. The molecule has 1 saturated carbocycles. The van der Waals surface area contributed by atoms with Gasteiger partial charge in [-0.25, -0.2) is 13.8 Å². The second-order valence-electron chi connectivity index (χ2n) is 4.06. The van der Waals surface area contributed by atoms with Gasteiger partial charge in [0.05, 0.1) is 10.6 Å². The maximum Gasteiger partial charge on any atom is 0.184 e. The first kappa shape index (κ1) is 10.7. The van der Waals surface area contributed by atoms with Crippen LogP contribution in [0, 0.1) is 11.6 Å². The molecule has 1 heterocycles. The van der Waals surface area contributed by atoms with Crippen molar-refractivity contribution in [3.8, 4) is 11.4 Å². The summed E-state index contributed by atoms with van der Waals surface area (Å²) in [6.07, 6.45) is 2.12. The van der Waals surface area contributed by atoms with Gasteiger partial charge < -0.3 is 0 Å². The minimum Gasteiger partial charge on any atom is -0.262 e. The summed E-state index contributed by atoms with van der Waals surface area (Å²) >= 11 is 5.48. The lowest BCUT2D eigenvalue weighted by molar-refractivity contribution is 0.602. The number of rotatable bonds is 2. The van der Waals surface area contributed by atoms with Crippen molar-refractivity contribution in [1.82, 2.24) is 15.2 Å². The fourth-order valence-corrected chi connectivity index (χ4v) is 1.78. The minimum atomic E-state index is -0.680. The van der Waals surface area contributed by atoms with Gasteiger partial charge in [0.25, 0.3) is 0 Å². The van der Waals surface area contributed by atoms with Crippen LogP contribution in [0.5, 0.6) is 0 Å². The van der Waals surface area contributed by atoms with Gasteiger partial charge in [-0.2, -0.15) is 5.10 Å². The number of nitrogens with one attached hydrogen (secondary N) is 1. The Morgan fingerprint density at radius 2 is 2.00 bits per heavy atom. The van der Waals surface area contributed by atoms with E-state index in [-0.39, 0.29) is 16.4 Å². The summed E-state index contributed by atoms with van der Waals surface area (Å²) in [5.74, 6) is -0.0234. The maximum atomic E-state index is 13.6. The zero-order chi connectivity index (χ0) is 12.0. The molecule has 1 fully saturated rings. The van der Waals surface area contributed by atoms with Gasteiger partial charge in [0, 0.05) is 5.92 Å². The molecule has 0 amide bonds. The number of benzene rings is 1. The van der Waals surface area contributed by atoms with Crippen LogP contribution in [0.1, 0.15) is 24.6 Å². The number of nitrogens with zero attached hydrogens (tertiary/aromatic N) is 2. The summed E-state index contributed by atoms with van der Waals surface area (Å²) in [7, 11) is 0. The highest BCUT2D eigenvalue weighted by Crippen LogP contribution is 2.38. The van der Waals surface area contributed by atoms with Crippen molar-refractivity contribution < 1.29 is 8.78 Å². The highest BCUT2D eigenvalue weighted by Gasteiger charge is 2.27. The summed E-state index contributed by atoms with van der Waals surface area (Å²) in [5.41, 5.74) is 0.0232. The number of hydrogen-bond acceptors (Lipinski definition) is 2. The van der Waals surface area contributed by atoms with Crippen LogP contribution in [-0.2, 0) is 0 Å². The van der Waals surface area contributed by atoms with Gasteiger partial charge in [0.1, 0.15) is 17.5 Å². The van der Waals surface area contributed by atoms with Gasteiger partial charge in [-0.15, -0.1) is 0 Å². The molecule has 0 radical (unpaired) electrons. The Balaban J connectivity index is 2.04. The second kappa shape index (κ2) is 3.77. The Kier molecular flexibility index (Phi) is 2.36. The Bertz CT molecular complexity index is 578. The first-order valence-corrected chi connectivity index (χ1v) is 5.60. The molecule has 0 spiro atoms. The zero-order valence-electron chi connectivity index (χ0n) is 8.67. The second-order valence-corrected chi connectivity index (χ2v) is 4.47. The number of aromatic amines is 1. The van der Waals surface area contributed by atoms with Gasteiger partial charge in [-0.1, -0.05) is 11.6 Å². The molecule has 0 unspecified atom stereocenters. The van der Waals surface area contributed by atoms with E-state index in [1.807, 2.05) is 0 Å². The van der Waals surface area contributed by atoms with E-state index in [0.29, 0.717) is 5.92 Å². The molecule has 2 aromatic rings. The summed E-state index contributed by atoms with van der Waals surface area (Å²) in [4.78, 5) is 4.16. The third kappa shape index (κ3) is 1.91. The maximum absolute atomic E-state index is 13.6. The van der Waals surface area contributed by atoms with E-state index in [9.17, 15) is 8.78 Å². The topological polar surface area (TPSA) is 41.6 Å². The fourth-order valence-electron chi connectivity index (χ4n) is 1.63. The van der Waals surface area contributed by atoms with Crippen molar-refractivity contribution in [3.63, 3.8) is 0 Å². The molecule has 6 heteroatoms. The van der Waals surface area contributed by atoms with E-state index in [2.05, 4.69) is 15.2 Å². The molecule has 1 N–H and O–H groups in total. The molecule has 1 aliphatic carbocycles. The quantitative estimate of drug-likeness (QED) is 0.837. The molecular formula is C11H8ClF2N3. The Morgan fingerprint density at radius 1 is 1.24 bits per heavy atom. The van der Waals surface area contributed by atoms with Crippen LogP contribution < -0.4 is 0 Å². The monoisotopic (exact) mass is 255 g/mol. The van der Waals surface area contributed by atoms with E-state index in [1.165, 1.54) is 0 Å². The zero-order valence-corrected chi connectivity index (χ0v) is 9.43. The number of aromatic nitrogens is 3. The van der Waals surface area contributed by atoms with Crippen LogP contribution in [0.2, 0.25) is 5.02 Å². The van der Waals surface area contributed by atoms with Gasteiger partial charge in [0.15, 0.2) is 5.82 Å². The first-order valence-electron chi connectivity index (χ1n) is 5.22. The molecule has 3 nitrogen and oxygen atoms in total. The third-order valence-corrected chi connectivity index (χ3v) is 3.01. The number of hydrogen-bond donors (Lipinski definition) is 1. The lowest BCUT2D eigenvalue weighted by Crippen LogP contribution is -1.90. The standard InChI is InChI=1S/C11H8ClF2N3/c12-7-4-8(13)6(3-9(7)14)11-15-10(16-17-11)5-1-2-5/h3-5H,1-2H2,(H,15,16,17). The predicted octanol–water partition coefficient (Wildman–Crippen LogP) is 3.28. The number of halogens is 3. The fraction of sp³-hybridized carbons (Fsp3) is 0.273. The molecule has 3 rings (SSSR count). The smallest absolute Gasteiger partial charge is 0.184 e. The van der Waals surface area contributed by atoms with E-state index >= 15 is 0 Å². The van der Waals surface area contributed by atoms with Gasteiger partial charge in [0.2, 0.25) is 0 Å². The molecular weight excluding hydrogens is 248 g/mol. The average molecular weight is 256 g/mol. The van der Waals surface area contributed by atoms with E-state index in [1.54, 1.807) is 0 Å². The lowest BCUT2D eigenvalue weighted by atomic mass is 10.2. The molecule has 0 aliphatic heterocycles. The molecule has 17 heavy (non-hydrogen) atoms. The van der Waals surface area contributed by atoms with Crippen LogP contribution >= 0.6 is 11.6 Å². The number of H-pyrrole nitrogens is 1. The highest BCUT2D eigenvalue weighted by atomic mass is 35.5. The highest BCUT2D eigenvalue weighted by molar-refractivity contribution is 6.30. The normalized spacial score (nSPS) is 15.2. The van der Waals surface area contributed by atoms with Crippen molar-refractivity contribution in [2.45, 2.75) is 18.8 Å². The van der Waals surface area contributed by atoms with Crippen molar-refractivity contribution >= 4 is 11.6 Å². The van der Waals surface area contributed by atoms with Crippen molar-refractivity contribution in [2.75, 3.05) is 0 Å². The van der Waals surface area contributed by atoms with Crippen molar-refractivity contribution in [1.29, 1.82) is 0 Å². The summed E-state index contributed by atoms with van der Waals surface area (Å²) in [6.45, 7) is 0. The molecule has 0 atom stereocenters. The van der Waals surface area contributed by atoms with Gasteiger partial charge >= 0.3 is 0 Å². The first-order chi connectivity index (χ1) is 8.15. The van der Waals surface area contributed by atoms with Crippen molar-refractivity contribution in [2.24, 2.45) is 0 Å². The van der Waals surface area contributed by atoms with Crippen LogP contribution in [0.4, 0.5) is 8.78 Å². The molecule has 1 aromatic heterocycles. The summed E-state index contributed by atoms with van der Waals surface area (Å²) < 4.78 is 26.9. The van der Waals surface area contributed by atoms with E-state index in [4.69, 9.17) is 11.6 Å². The molecule has 1 aliphatic rings. The molecule has 88 valence electrons. The Hall–Kier alpha value is -1.49. The summed E-state index contributed by atoms with van der Waals surface area (Å²) in [5, 5.41) is 6.39. The lowest BCUT2D eigenvalue weighted by Gasteiger charge is -2.00.